The molecule has 0 amide bonds. The van der Waals surface area contributed by atoms with Gasteiger partial charge in [0.1, 0.15) is 5.75 Å². The second-order valence-electron chi connectivity index (χ2n) is 5.56. The van der Waals surface area contributed by atoms with Gasteiger partial charge < -0.3 is 15.0 Å². The van der Waals surface area contributed by atoms with E-state index in [0.717, 1.165) is 18.8 Å². The highest BCUT2D eigenvalue weighted by atomic mass is 16.5. The lowest BCUT2D eigenvalue weighted by Gasteiger charge is -2.27. The number of nitrogens with one attached hydrogen (secondary N) is 1. The number of hydrogen-bond acceptors (Lipinski definition) is 3. The minimum absolute atomic E-state index is 0.470. The number of hydrogen-bond donors (Lipinski definition) is 1. The molecule has 0 saturated heterocycles. The molecule has 1 aliphatic carbocycles. The molecule has 0 aromatic heterocycles. The summed E-state index contributed by atoms with van der Waals surface area (Å²) in [5.74, 6) is 0.961. The standard InChI is InChI=1S/C15H24N2O/c1-12-5-6-14(18-4)13(9-12)17(3)11-15(7-8-15)10-16-2/h5-6,9,16H,7-8,10-11H2,1-4H3. The van der Waals surface area contributed by atoms with Crippen LogP contribution in [0, 0.1) is 12.3 Å². The van der Waals surface area contributed by atoms with Gasteiger partial charge in [-0.2, -0.15) is 0 Å². The van der Waals surface area contributed by atoms with Gasteiger partial charge in [0.2, 0.25) is 0 Å². The Bertz CT molecular complexity index is 413. The fourth-order valence-electron chi connectivity index (χ4n) is 2.63. The van der Waals surface area contributed by atoms with Gasteiger partial charge in [0.05, 0.1) is 12.8 Å². The van der Waals surface area contributed by atoms with Gasteiger partial charge in [-0.15, -0.1) is 0 Å². The predicted molar refractivity (Wildman–Crippen MR) is 76.6 cm³/mol. The Labute approximate surface area is 110 Å². The summed E-state index contributed by atoms with van der Waals surface area (Å²) in [6.45, 7) is 4.32. The lowest BCUT2D eigenvalue weighted by Crippen LogP contribution is -2.33. The van der Waals surface area contributed by atoms with Gasteiger partial charge in [-0.3, -0.25) is 0 Å². The molecule has 2 rings (SSSR count). The van der Waals surface area contributed by atoms with Crippen LogP contribution in [0.3, 0.4) is 0 Å². The van der Waals surface area contributed by atoms with Gasteiger partial charge in [-0.1, -0.05) is 6.07 Å². The van der Waals surface area contributed by atoms with Crippen molar-refractivity contribution in [2.45, 2.75) is 19.8 Å². The maximum absolute atomic E-state index is 5.46. The van der Waals surface area contributed by atoms with Gasteiger partial charge in [0, 0.05) is 25.6 Å². The molecule has 1 aromatic carbocycles. The molecule has 1 fully saturated rings. The minimum Gasteiger partial charge on any atom is -0.495 e. The zero-order valence-electron chi connectivity index (χ0n) is 11.9. The molecular formula is C15H24N2O. The lowest BCUT2D eigenvalue weighted by molar-refractivity contribution is 0.412. The smallest absolute Gasteiger partial charge is 0.142 e. The molecule has 3 heteroatoms. The summed E-state index contributed by atoms with van der Waals surface area (Å²) in [5, 5.41) is 3.31. The van der Waals surface area contributed by atoms with Crippen LogP contribution in [0.1, 0.15) is 18.4 Å². The molecule has 0 heterocycles. The summed E-state index contributed by atoms with van der Waals surface area (Å²) in [6.07, 6.45) is 2.65. The molecular weight excluding hydrogens is 224 g/mol. The topological polar surface area (TPSA) is 24.5 Å². The van der Waals surface area contributed by atoms with E-state index in [9.17, 15) is 0 Å². The Hall–Kier alpha value is -1.22. The van der Waals surface area contributed by atoms with Gasteiger partial charge in [-0.25, -0.2) is 0 Å². The lowest BCUT2D eigenvalue weighted by atomic mass is 10.1. The summed E-state index contributed by atoms with van der Waals surface area (Å²) in [5.41, 5.74) is 2.94. The van der Waals surface area contributed by atoms with Crippen LogP contribution >= 0.6 is 0 Å². The zero-order chi connectivity index (χ0) is 13.2. The van der Waals surface area contributed by atoms with Crippen molar-refractivity contribution < 1.29 is 4.74 Å². The van der Waals surface area contributed by atoms with E-state index < -0.39 is 0 Å². The molecule has 18 heavy (non-hydrogen) atoms. The van der Waals surface area contributed by atoms with E-state index in [1.807, 2.05) is 7.05 Å². The molecule has 0 radical (unpaired) electrons. The summed E-state index contributed by atoms with van der Waals surface area (Å²) in [6, 6.07) is 6.35. The third-order valence-corrected chi connectivity index (χ3v) is 3.83. The molecule has 1 saturated carbocycles. The molecule has 0 unspecified atom stereocenters. The number of methoxy groups -OCH3 is 1. The number of benzene rings is 1. The van der Waals surface area contributed by atoms with E-state index >= 15 is 0 Å². The Morgan fingerprint density at radius 3 is 2.67 bits per heavy atom. The first-order chi connectivity index (χ1) is 8.60. The van der Waals surface area contributed by atoms with E-state index in [0.29, 0.717) is 5.41 Å². The Balaban J connectivity index is 2.13. The molecule has 0 spiro atoms. The van der Waals surface area contributed by atoms with E-state index in [-0.39, 0.29) is 0 Å². The van der Waals surface area contributed by atoms with Gasteiger partial charge in [0.15, 0.2) is 0 Å². The van der Waals surface area contributed by atoms with Crippen molar-refractivity contribution in [2.24, 2.45) is 5.41 Å². The van der Waals surface area contributed by atoms with Crippen molar-refractivity contribution in [1.82, 2.24) is 5.32 Å². The molecule has 1 aromatic rings. The van der Waals surface area contributed by atoms with Crippen LogP contribution in [-0.2, 0) is 0 Å². The van der Waals surface area contributed by atoms with Crippen LogP contribution in [0.25, 0.3) is 0 Å². The number of ether oxygens (including phenoxy) is 1. The van der Waals surface area contributed by atoms with E-state index in [4.69, 9.17) is 4.74 Å². The van der Waals surface area contributed by atoms with Gasteiger partial charge in [0.25, 0.3) is 0 Å². The van der Waals surface area contributed by atoms with Gasteiger partial charge >= 0.3 is 0 Å². The first kappa shape index (κ1) is 13.2. The Kier molecular flexibility index (Phi) is 3.81. The minimum atomic E-state index is 0.470. The molecule has 1 N–H and O–H groups in total. The molecule has 1 aliphatic rings. The highest BCUT2D eigenvalue weighted by Crippen LogP contribution is 2.46. The second kappa shape index (κ2) is 5.19. The normalized spacial score (nSPS) is 16.4. The van der Waals surface area contributed by atoms with Crippen LogP contribution in [0.4, 0.5) is 5.69 Å². The van der Waals surface area contributed by atoms with Crippen molar-refractivity contribution in [1.29, 1.82) is 0 Å². The zero-order valence-corrected chi connectivity index (χ0v) is 11.9. The van der Waals surface area contributed by atoms with Crippen LogP contribution in [0.5, 0.6) is 5.75 Å². The summed E-state index contributed by atoms with van der Waals surface area (Å²) < 4.78 is 5.46. The van der Waals surface area contributed by atoms with Crippen molar-refractivity contribution in [3.63, 3.8) is 0 Å². The fraction of sp³-hybridized carbons (Fsp3) is 0.600. The second-order valence-corrected chi connectivity index (χ2v) is 5.56. The summed E-state index contributed by atoms with van der Waals surface area (Å²) in [7, 11) is 5.93. The highest BCUT2D eigenvalue weighted by Gasteiger charge is 2.42. The van der Waals surface area contributed by atoms with Crippen molar-refractivity contribution >= 4 is 5.69 Å². The van der Waals surface area contributed by atoms with E-state index in [1.165, 1.54) is 24.1 Å². The largest absolute Gasteiger partial charge is 0.495 e. The highest BCUT2D eigenvalue weighted by molar-refractivity contribution is 5.59. The average Bonchev–Trinajstić information content (AvgIpc) is 3.09. The number of rotatable bonds is 6. The van der Waals surface area contributed by atoms with Crippen LogP contribution < -0.4 is 15.0 Å². The van der Waals surface area contributed by atoms with E-state index in [1.54, 1.807) is 7.11 Å². The quantitative estimate of drug-likeness (QED) is 0.837. The monoisotopic (exact) mass is 248 g/mol. The Morgan fingerprint density at radius 2 is 2.11 bits per heavy atom. The van der Waals surface area contributed by atoms with Crippen LogP contribution in [-0.4, -0.2) is 34.3 Å². The molecule has 0 aliphatic heterocycles. The average molecular weight is 248 g/mol. The number of aryl methyl sites for hydroxylation is 1. The van der Waals surface area contributed by atoms with Crippen molar-refractivity contribution in [3.8, 4) is 5.75 Å². The summed E-state index contributed by atoms with van der Waals surface area (Å²) >= 11 is 0. The van der Waals surface area contributed by atoms with Crippen molar-refractivity contribution in [3.05, 3.63) is 23.8 Å². The maximum Gasteiger partial charge on any atom is 0.142 e. The van der Waals surface area contributed by atoms with Crippen LogP contribution in [0.15, 0.2) is 18.2 Å². The number of nitrogens with zero attached hydrogens (tertiary/aromatic N) is 1. The fourth-order valence-corrected chi connectivity index (χ4v) is 2.63. The van der Waals surface area contributed by atoms with Gasteiger partial charge in [-0.05, 0) is 44.5 Å². The van der Waals surface area contributed by atoms with Crippen molar-refractivity contribution in [2.75, 3.05) is 39.2 Å². The first-order valence-corrected chi connectivity index (χ1v) is 6.61. The third kappa shape index (κ3) is 2.78. The van der Waals surface area contributed by atoms with E-state index in [2.05, 4.69) is 42.4 Å². The first-order valence-electron chi connectivity index (χ1n) is 6.61. The SMILES string of the molecule is CNCC1(CN(C)c2cc(C)ccc2OC)CC1. The third-order valence-electron chi connectivity index (χ3n) is 3.83. The molecule has 0 bridgehead atoms. The molecule has 0 atom stereocenters. The molecule has 3 nitrogen and oxygen atoms in total. The maximum atomic E-state index is 5.46. The predicted octanol–water partition coefficient (Wildman–Crippen LogP) is 2.44. The van der Waals surface area contributed by atoms with Crippen LogP contribution in [0.2, 0.25) is 0 Å². The molecule has 100 valence electrons. The summed E-state index contributed by atoms with van der Waals surface area (Å²) in [4.78, 5) is 2.33. The Morgan fingerprint density at radius 1 is 1.39 bits per heavy atom. The number of anilines is 1.